The van der Waals surface area contributed by atoms with Crippen molar-refractivity contribution in [3.63, 3.8) is 0 Å². The first-order chi connectivity index (χ1) is 4.97. The molecule has 10 heavy (non-hydrogen) atoms. The van der Waals surface area contributed by atoms with Gasteiger partial charge in [-0.3, -0.25) is 0 Å². The van der Waals surface area contributed by atoms with E-state index in [0.717, 1.165) is 25.2 Å². The van der Waals surface area contributed by atoms with Crippen molar-refractivity contribution >= 4 is 11.8 Å². The van der Waals surface area contributed by atoms with Gasteiger partial charge >= 0.3 is 0 Å². The van der Waals surface area contributed by atoms with E-state index in [4.69, 9.17) is 4.74 Å². The van der Waals surface area contributed by atoms with Crippen LogP contribution in [0.2, 0.25) is 0 Å². The van der Waals surface area contributed by atoms with Gasteiger partial charge in [0.1, 0.15) is 0 Å². The highest BCUT2D eigenvalue weighted by molar-refractivity contribution is 7.99. The van der Waals surface area contributed by atoms with Crippen LogP contribution < -0.4 is 5.32 Å². The van der Waals surface area contributed by atoms with Gasteiger partial charge in [-0.15, -0.1) is 0 Å². The minimum atomic E-state index is 0.755. The molecule has 0 bridgehead atoms. The minimum absolute atomic E-state index is 0.755. The Balaban J connectivity index is 1.83. The van der Waals surface area contributed by atoms with Gasteiger partial charge in [-0.05, 0) is 0 Å². The summed E-state index contributed by atoms with van der Waals surface area (Å²) in [4.78, 5) is 0. The number of thioether (sulfide) groups is 1. The Bertz CT molecular complexity index is 106. The van der Waals surface area contributed by atoms with E-state index in [-0.39, 0.29) is 0 Å². The fourth-order valence-corrected chi connectivity index (χ4v) is 2.43. The lowest BCUT2D eigenvalue weighted by molar-refractivity contribution is 0.0661. The molecular weight excluding hydrogens is 146 g/mol. The second-order valence-corrected chi connectivity index (χ2v) is 4.07. The van der Waals surface area contributed by atoms with E-state index in [2.05, 4.69) is 5.32 Å². The maximum Gasteiger partial charge on any atom is 0.0556 e. The number of hydrogen-bond donors (Lipinski definition) is 1. The van der Waals surface area contributed by atoms with E-state index in [0.29, 0.717) is 0 Å². The summed E-state index contributed by atoms with van der Waals surface area (Å²) < 4.78 is 5.45. The molecule has 0 aromatic rings. The van der Waals surface area contributed by atoms with Gasteiger partial charge in [0.15, 0.2) is 0 Å². The van der Waals surface area contributed by atoms with Crippen molar-refractivity contribution < 1.29 is 4.74 Å². The third-order valence-electron chi connectivity index (χ3n) is 2.21. The van der Waals surface area contributed by atoms with Crippen LogP contribution >= 0.6 is 11.8 Å². The van der Waals surface area contributed by atoms with E-state index in [1.54, 1.807) is 0 Å². The zero-order chi connectivity index (χ0) is 6.81. The SMILES string of the molecule is C1CSCC2NCC2CO1. The average molecular weight is 159 g/mol. The fourth-order valence-electron chi connectivity index (χ4n) is 1.38. The summed E-state index contributed by atoms with van der Waals surface area (Å²) in [6, 6.07) is 0.755. The highest BCUT2D eigenvalue weighted by Gasteiger charge is 2.30. The molecule has 0 radical (unpaired) electrons. The Morgan fingerprint density at radius 3 is 3.30 bits per heavy atom. The predicted molar refractivity (Wildman–Crippen MR) is 43.4 cm³/mol. The number of fused-ring (bicyclic) bond motifs is 1. The standard InChI is InChI=1S/C7H13NOS/c1-2-10-5-7-6(3-8-7)4-9-1/h6-8H,1-5H2. The fraction of sp³-hybridized carbons (Fsp3) is 1.00. The third-order valence-corrected chi connectivity index (χ3v) is 3.26. The molecule has 58 valence electrons. The molecule has 0 spiro atoms. The first-order valence-electron chi connectivity index (χ1n) is 3.86. The van der Waals surface area contributed by atoms with Crippen LogP contribution in [-0.4, -0.2) is 37.3 Å². The van der Waals surface area contributed by atoms with Crippen molar-refractivity contribution in [3.05, 3.63) is 0 Å². The molecule has 3 heteroatoms. The predicted octanol–water partition coefficient (Wildman–Crippen LogP) is 0.338. The summed E-state index contributed by atoms with van der Waals surface area (Å²) >= 11 is 2.00. The lowest BCUT2D eigenvalue weighted by atomic mass is 9.94. The van der Waals surface area contributed by atoms with Gasteiger partial charge in [-0.25, -0.2) is 0 Å². The van der Waals surface area contributed by atoms with Crippen molar-refractivity contribution in [2.24, 2.45) is 5.92 Å². The molecule has 0 amide bonds. The van der Waals surface area contributed by atoms with Crippen LogP contribution in [0, 0.1) is 5.92 Å². The smallest absolute Gasteiger partial charge is 0.0556 e. The minimum Gasteiger partial charge on any atom is -0.380 e. The van der Waals surface area contributed by atoms with Gasteiger partial charge in [-0.2, -0.15) is 11.8 Å². The van der Waals surface area contributed by atoms with E-state index in [9.17, 15) is 0 Å². The second kappa shape index (κ2) is 3.11. The van der Waals surface area contributed by atoms with Crippen molar-refractivity contribution in [1.82, 2.24) is 5.32 Å². The van der Waals surface area contributed by atoms with Crippen molar-refractivity contribution in [1.29, 1.82) is 0 Å². The van der Waals surface area contributed by atoms with Gasteiger partial charge in [0.2, 0.25) is 0 Å². The van der Waals surface area contributed by atoms with Crippen LogP contribution in [0.4, 0.5) is 0 Å². The van der Waals surface area contributed by atoms with Gasteiger partial charge < -0.3 is 10.1 Å². The van der Waals surface area contributed by atoms with Gasteiger partial charge in [-0.1, -0.05) is 0 Å². The molecule has 1 N–H and O–H groups in total. The van der Waals surface area contributed by atoms with Crippen LogP contribution in [0.15, 0.2) is 0 Å². The van der Waals surface area contributed by atoms with Crippen molar-refractivity contribution in [3.8, 4) is 0 Å². The van der Waals surface area contributed by atoms with Crippen LogP contribution in [-0.2, 0) is 4.74 Å². The maximum absolute atomic E-state index is 5.45. The summed E-state index contributed by atoms with van der Waals surface area (Å²) in [6.45, 7) is 3.11. The number of rotatable bonds is 0. The van der Waals surface area contributed by atoms with Crippen LogP contribution in [0.3, 0.4) is 0 Å². The van der Waals surface area contributed by atoms with Crippen LogP contribution in [0.25, 0.3) is 0 Å². The molecule has 2 aliphatic rings. The third kappa shape index (κ3) is 1.31. The van der Waals surface area contributed by atoms with Gasteiger partial charge in [0.25, 0.3) is 0 Å². The second-order valence-electron chi connectivity index (χ2n) is 2.92. The van der Waals surface area contributed by atoms with E-state index in [1.165, 1.54) is 18.1 Å². The monoisotopic (exact) mass is 159 g/mol. The molecular formula is C7H13NOS. The molecule has 2 unspecified atom stereocenters. The lowest BCUT2D eigenvalue weighted by Gasteiger charge is -2.39. The Kier molecular flexibility index (Phi) is 2.16. The number of nitrogens with one attached hydrogen (secondary N) is 1. The molecule has 2 fully saturated rings. The molecule has 0 aromatic heterocycles. The average Bonchev–Trinajstić information content (AvgIpc) is 1.89. The Hall–Kier alpha value is 0.270. The Morgan fingerprint density at radius 2 is 2.50 bits per heavy atom. The topological polar surface area (TPSA) is 21.3 Å². The highest BCUT2D eigenvalue weighted by Crippen LogP contribution is 2.20. The molecule has 2 atom stereocenters. The molecule has 0 aromatic carbocycles. The van der Waals surface area contributed by atoms with E-state index < -0.39 is 0 Å². The lowest BCUT2D eigenvalue weighted by Crippen LogP contribution is -2.56. The molecule has 2 nitrogen and oxygen atoms in total. The van der Waals surface area contributed by atoms with Gasteiger partial charge in [0.05, 0.1) is 13.2 Å². The summed E-state index contributed by atoms with van der Waals surface area (Å²) in [7, 11) is 0. The molecule has 0 saturated carbocycles. The maximum atomic E-state index is 5.45. The Morgan fingerprint density at radius 1 is 1.50 bits per heavy atom. The molecule has 0 aliphatic carbocycles. The molecule has 2 heterocycles. The summed E-state index contributed by atoms with van der Waals surface area (Å²) in [5.41, 5.74) is 0. The largest absolute Gasteiger partial charge is 0.380 e. The number of hydrogen-bond acceptors (Lipinski definition) is 3. The summed E-state index contributed by atoms with van der Waals surface area (Å²) in [6.07, 6.45) is 0. The molecule has 2 aliphatic heterocycles. The van der Waals surface area contributed by atoms with Crippen LogP contribution in [0.5, 0.6) is 0 Å². The summed E-state index contributed by atoms with van der Waals surface area (Å²) in [5.74, 6) is 3.27. The van der Waals surface area contributed by atoms with Crippen LogP contribution in [0.1, 0.15) is 0 Å². The number of ether oxygens (including phenoxy) is 1. The Labute approximate surface area is 65.7 Å². The molecule has 2 rings (SSSR count). The first-order valence-corrected chi connectivity index (χ1v) is 5.01. The van der Waals surface area contributed by atoms with Crippen molar-refractivity contribution in [2.75, 3.05) is 31.3 Å². The van der Waals surface area contributed by atoms with E-state index >= 15 is 0 Å². The highest BCUT2D eigenvalue weighted by atomic mass is 32.2. The molecule has 2 saturated heterocycles. The zero-order valence-corrected chi connectivity index (χ0v) is 6.82. The first kappa shape index (κ1) is 6.95. The van der Waals surface area contributed by atoms with Crippen molar-refractivity contribution in [2.45, 2.75) is 6.04 Å². The quantitative estimate of drug-likeness (QED) is 0.550. The zero-order valence-electron chi connectivity index (χ0n) is 6.01. The summed E-state index contributed by atoms with van der Waals surface area (Å²) in [5, 5.41) is 3.41. The van der Waals surface area contributed by atoms with E-state index in [1.807, 2.05) is 11.8 Å². The normalized spacial score (nSPS) is 40.8. The van der Waals surface area contributed by atoms with Gasteiger partial charge in [0, 0.05) is 30.0 Å².